The smallest absolute Gasteiger partial charge is 0.228 e. The molecule has 1 amide bonds. The highest BCUT2D eigenvalue weighted by atomic mass is 79.9. The molecule has 0 radical (unpaired) electrons. The zero-order valence-electron chi connectivity index (χ0n) is 11.3. The first-order valence-electron chi connectivity index (χ1n) is 6.27. The first kappa shape index (κ1) is 14.7. The SMILES string of the molecule is Cc1cc(NC(=O)Cc2cccc(F)c2)cc(C)c1Br. The summed E-state index contributed by atoms with van der Waals surface area (Å²) in [5.74, 6) is -0.484. The Bertz CT molecular complexity index is 632. The Balaban J connectivity index is 2.09. The number of nitrogens with one attached hydrogen (secondary N) is 1. The van der Waals surface area contributed by atoms with Gasteiger partial charge in [0.1, 0.15) is 5.82 Å². The van der Waals surface area contributed by atoms with E-state index in [4.69, 9.17) is 0 Å². The molecule has 0 aliphatic heterocycles. The van der Waals surface area contributed by atoms with E-state index < -0.39 is 0 Å². The highest BCUT2D eigenvalue weighted by Gasteiger charge is 2.07. The van der Waals surface area contributed by atoms with Crippen LogP contribution in [0.25, 0.3) is 0 Å². The van der Waals surface area contributed by atoms with Gasteiger partial charge in [-0.15, -0.1) is 0 Å². The van der Waals surface area contributed by atoms with Crippen molar-refractivity contribution in [3.8, 4) is 0 Å². The van der Waals surface area contributed by atoms with Crippen LogP contribution in [0.1, 0.15) is 16.7 Å². The van der Waals surface area contributed by atoms with Gasteiger partial charge in [0.25, 0.3) is 0 Å². The fourth-order valence-corrected chi connectivity index (χ4v) is 2.28. The van der Waals surface area contributed by atoms with Gasteiger partial charge >= 0.3 is 0 Å². The van der Waals surface area contributed by atoms with Crippen LogP contribution in [0.4, 0.5) is 10.1 Å². The topological polar surface area (TPSA) is 29.1 Å². The van der Waals surface area contributed by atoms with Crippen molar-refractivity contribution in [1.82, 2.24) is 0 Å². The normalized spacial score (nSPS) is 10.4. The molecule has 0 atom stereocenters. The molecule has 0 spiro atoms. The Morgan fingerprint density at radius 3 is 2.45 bits per heavy atom. The Morgan fingerprint density at radius 2 is 1.85 bits per heavy atom. The van der Waals surface area contributed by atoms with Gasteiger partial charge in [0.05, 0.1) is 6.42 Å². The van der Waals surface area contributed by atoms with Crippen LogP contribution in [-0.4, -0.2) is 5.91 Å². The number of aryl methyl sites for hydroxylation is 2. The van der Waals surface area contributed by atoms with Crippen LogP contribution >= 0.6 is 15.9 Å². The second kappa shape index (κ2) is 6.18. The molecule has 0 aliphatic rings. The van der Waals surface area contributed by atoms with Gasteiger partial charge in [-0.05, 0) is 54.8 Å². The van der Waals surface area contributed by atoms with E-state index in [0.717, 1.165) is 21.3 Å². The van der Waals surface area contributed by atoms with Crippen molar-refractivity contribution >= 4 is 27.5 Å². The molecule has 0 saturated heterocycles. The lowest BCUT2D eigenvalue weighted by atomic mass is 10.1. The average molecular weight is 336 g/mol. The van der Waals surface area contributed by atoms with Crippen molar-refractivity contribution in [2.45, 2.75) is 20.3 Å². The molecule has 0 aromatic heterocycles. The highest BCUT2D eigenvalue weighted by molar-refractivity contribution is 9.10. The van der Waals surface area contributed by atoms with Gasteiger partial charge in [0.15, 0.2) is 0 Å². The predicted molar refractivity (Wildman–Crippen MR) is 82.3 cm³/mol. The maximum absolute atomic E-state index is 13.1. The summed E-state index contributed by atoms with van der Waals surface area (Å²) in [6, 6.07) is 9.88. The molecule has 0 heterocycles. The minimum absolute atomic E-state index is 0.156. The molecule has 0 fully saturated rings. The third-order valence-electron chi connectivity index (χ3n) is 2.97. The third-order valence-corrected chi connectivity index (χ3v) is 4.22. The predicted octanol–water partition coefficient (Wildman–Crippen LogP) is 4.39. The van der Waals surface area contributed by atoms with Gasteiger partial charge in [0.2, 0.25) is 5.91 Å². The summed E-state index contributed by atoms with van der Waals surface area (Å²) in [6.45, 7) is 3.94. The highest BCUT2D eigenvalue weighted by Crippen LogP contribution is 2.25. The summed E-state index contributed by atoms with van der Waals surface area (Å²) in [4.78, 5) is 12.0. The molecule has 0 unspecified atom stereocenters. The second-order valence-corrected chi connectivity index (χ2v) is 5.57. The molecule has 2 rings (SSSR count). The Hall–Kier alpha value is -1.68. The van der Waals surface area contributed by atoms with Crippen LogP contribution in [0.5, 0.6) is 0 Å². The number of amides is 1. The van der Waals surface area contributed by atoms with Gasteiger partial charge in [-0.2, -0.15) is 0 Å². The number of carbonyl (C=O) groups excluding carboxylic acids is 1. The van der Waals surface area contributed by atoms with E-state index in [9.17, 15) is 9.18 Å². The van der Waals surface area contributed by atoms with Crippen LogP contribution in [0, 0.1) is 19.7 Å². The number of benzene rings is 2. The lowest BCUT2D eigenvalue weighted by Gasteiger charge is -2.10. The quantitative estimate of drug-likeness (QED) is 0.885. The van der Waals surface area contributed by atoms with Crippen LogP contribution in [0.3, 0.4) is 0 Å². The molecule has 1 N–H and O–H groups in total. The molecular formula is C16H15BrFNO. The molecule has 104 valence electrons. The summed E-state index contributed by atoms with van der Waals surface area (Å²) >= 11 is 3.49. The zero-order valence-corrected chi connectivity index (χ0v) is 12.9. The fraction of sp³-hybridized carbons (Fsp3) is 0.188. The molecule has 20 heavy (non-hydrogen) atoms. The van der Waals surface area contributed by atoms with Crippen molar-refractivity contribution in [3.05, 3.63) is 63.4 Å². The average Bonchev–Trinajstić information content (AvgIpc) is 2.35. The summed E-state index contributed by atoms with van der Waals surface area (Å²) < 4.78 is 14.1. The molecule has 2 nitrogen and oxygen atoms in total. The molecule has 0 saturated carbocycles. The third kappa shape index (κ3) is 3.67. The molecular weight excluding hydrogens is 321 g/mol. The van der Waals surface area contributed by atoms with E-state index in [1.54, 1.807) is 12.1 Å². The summed E-state index contributed by atoms with van der Waals surface area (Å²) in [6.07, 6.45) is 0.159. The van der Waals surface area contributed by atoms with Crippen LogP contribution in [0.2, 0.25) is 0 Å². The zero-order chi connectivity index (χ0) is 14.7. The van der Waals surface area contributed by atoms with E-state index >= 15 is 0 Å². The van der Waals surface area contributed by atoms with Crippen LogP contribution < -0.4 is 5.32 Å². The molecule has 4 heteroatoms. The number of rotatable bonds is 3. The van der Waals surface area contributed by atoms with Crippen molar-refractivity contribution in [2.24, 2.45) is 0 Å². The van der Waals surface area contributed by atoms with Crippen molar-refractivity contribution in [3.63, 3.8) is 0 Å². The monoisotopic (exact) mass is 335 g/mol. The van der Waals surface area contributed by atoms with Crippen molar-refractivity contribution < 1.29 is 9.18 Å². The molecule has 2 aromatic carbocycles. The van der Waals surface area contributed by atoms with Crippen molar-refractivity contribution in [2.75, 3.05) is 5.32 Å². The summed E-state index contributed by atoms with van der Waals surface area (Å²) in [5, 5.41) is 2.84. The lowest BCUT2D eigenvalue weighted by Crippen LogP contribution is -2.14. The molecule has 0 aliphatic carbocycles. The van der Waals surface area contributed by atoms with E-state index in [2.05, 4.69) is 21.2 Å². The van der Waals surface area contributed by atoms with Gasteiger partial charge in [-0.1, -0.05) is 28.1 Å². The number of hydrogen-bond acceptors (Lipinski definition) is 1. The van der Waals surface area contributed by atoms with Crippen LogP contribution in [-0.2, 0) is 11.2 Å². The number of hydrogen-bond donors (Lipinski definition) is 1. The Labute approximate surface area is 126 Å². The van der Waals surface area contributed by atoms with Gasteiger partial charge in [-0.25, -0.2) is 4.39 Å². The minimum atomic E-state index is -0.328. The van der Waals surface area contributed by atoms with Crippen molar-refractivity contribution in [1.29, 1.82) is 0 Å². The second-order valence-electron chi connectivity index (χ2n) is 4.78. The van der Waals surface area contributed by atoms with Gasteiger partial charge < -0.3 is 5.32 Å². The van der Waals surface area contributed by atoms with Gasteiger partial charge in [0, 0.05) is 10.2 Å². The minimum Gasteiger partial charge on any atom is -0.326 e. The number of carbonyl (C=O) groups is 1. The van der Waals surface area contributed by atoms with E-state index in [1.807, 2.05) is 26.0 Å². The Kier molecular flexibility index (Phi) is 4.55. The van der Waals surface area contributed by atoms with E-state index in [1.165, 1.54) is 12.1 Å². The lowest BCUT2D eigenvalue weighted by molar-refractivity contribution is -0.115. The fourth-order valence-electron chi connectivity index (χ4n) is 2.06. The summed E-state index contributed by atoms with van der Waals surface area (Å²) in [5.41, 5.74) is 3.54. The summed E-state index contributed by atoms with van der Waals surface area (Å²) in [7, 11) is 0. The molecule has 0 bridgehead atoms. The largest absolute Gasteiger partial charge is 0.326 e. The van der Waals surface area contributed by atoms with Crippen LogP contribution in [0.15, 0.2) is 40.9 Å². The first-order chi connectivity index (χ1) is 9.45. The van der Waals surface area contributed by atoms with Gasteiger partial charge in [-0.3, -0.25) is 4.79 Å². The Morgan fingerprint density at radius 1 is 1.20 bits per heavy atom. The first-order valence-corrected chi connectivity index (χ1v) is 7.06. The molecule has 2 aromatic rings. The van der Waals surface area contributed by atoms with E-state index in [0.29, 0.717) is 5.56 Å². The number of halogens is 2. The van der Waals surface area contributed by atoms with E-state index in [-0.39, 0.29) is 18.1 Å². The maximum Gasteiger partial charge on any atom is 0.228 e. The standard InChI is InChI=1S/C16H15BrFNO/c1-10-6-14(7-11(2)16(10)17)19-15(20)9-12-4-3-5-13(18)8-12/h3-8H,9H2,1-2H3,(H,19,20). The number of anilines is 1. The maximum atomic E-state index is 13.1.